The minimum Gasteiger partial charge on any atom is -0.496 e. The van der Waals surface area contributed by atoms with Crippen LogP contribution in [0.25, 0.3) is 0 Å². The number of hydrogen-bond acceptors (Lipinski definition) is 5. The van der Waals surface area contributed by atoms with Gasteiger partial charge in [-0.1, -0.05) is 30.3 Å². The molecule has 2 aromatic carbocycles. The van der Waals surface area contributed by atoms with E-state index in [0.717, 1.165) is 11.1 Å². The third-order valence-electron chi connectivity index (χ3n) is 3.85. The number of likely N-dealkylation sites (N-methyl/N-ethyl adjacent to an activating group) is 1. The predicted molar refractivity (Wildman–Crippen MR) is 96.9 cm³/mol. The van der Waals surface area contributed by atoms with Crippen LogP contribution in [0, 0.1) is 0 Å². The molecular formula is C20H23NO5. The van der Waals surface area contributed by atoms with Crippen molar-refractivity contribution in [2.45, 2.75) is 13.2 Å². The van der Waals surface area contributed by atoms with E-state index in [0.29, 0.717) is 24.5 Å². The van der Waals surface area contributed by atoms with E-state index in [1.165, 1.54) is 4.90 Å². The zero-order valence-corrected chi connectivity index (χ0v) is 15.2. The topological polar surface area (TPSA) is 65.1 Å². The molecule has 0 radical (unpaired) electrons. The molecular weight excluding hydrogens is 334 g/mol. The van der Waals surface area contributed by atoms with Gasteiger partial charge >= 0.3 is 5.97 Å². The van der Waals surface area contributed by atoms with Crippen molar-refractivity contribution in [1.29, 1.82) is 0 Å². The number of esters is 1. The Labute approximate surface area is 153 Å². The Morgan fingerprint density at radius 1 is 1.00 bits per heavy atom. The Bertz CT molecular complexity index is 742. The highest BCUT2D eigenvalue weighted by Crippen LogP contribution is 2.18. The van der Waals surface area contributed by atoms with Gasteiger partial charge in [-0.25, -0.2) is 4.79 Å². The molecule has 0 aromatic heterocycles. The van der Waals surface area contributed by atoms with E-state index in [9.17, 15) is 9.59 Å². The highest BCUT2D eigenvalue weighted by Gasteiger charge is 2.15. The molecule has 138 valence electrons. The average Bonchev–Trinajstić information content (AvgIpc) is 2.67. The second kappa shape index (κ2) is 9.58. The summed E-state index contributed by atoms with van der Waals surface area (Å²) >= 11 is 0. The Balaban J connectivity index is 1.87. The van der Waals surface area contributed by atoms with Crippen LogP contribution in [0.4, 0.5) is 0 Å². The van der Waals surface area contributed by atoms with Crippen molar-refractivity contribution in [3.63, 3.8) is 0 Å². The summed E-state index contributed by atoms with van der Waals surface area (Å²) in [5.41, 5.74) is 2.23. The first-order valence-corrected chi connectivity index (χ1v) is 8.16. The molecule has 0 unspecified atom stereocenters. The molecule has 26 heavy (non-hydrogen) atoms. The second-order valence-corrected chi connectivity index (χ2v) is 5.77. The molecule has 0 aliphatic heterocycles. The van der Waals surface area contributed by atoms with Crippen LogP contribution in [0.15, 0.2) is 48.5 Å². The average molecular weight is 357 g/mol. The summed E-state index contributed by atoms with van der Waals surface area (Å²) in [7, 11) is 4.85. The van der Waals surface area contributed by atoms with Gasteiger partial charge in [0.2, 0.25) is 0 Å². The molecule has 0 heterocycles. The molecule has 0 bridgehead atoms. The lowest BCUT2D eigenvalue weighted by Crippen LogP contribution is -2.31. The molecule has 1 amide bonds. The van der Waals surface area contributed by atoms with Gasteiger partial charge in [-0.3, -0.25) is 4.79 Å². The number of methoxy groups -OCH3 is 2. The monoisotopic (exact) mass is 357 g/mol. The van der Waals surface area contributed by atoms with Gasteiger partial charge in [0.15, 0.2) is 6.61 Å². The minimum atomic E-state index is -0.534. The van der Waals surface area contributed by atoms with Crippen molar-refractivity contribution in [2.24, 2.45) is 0 Å². The number of carbonyl (C=O) groups excluding carboxylic acids is 2. The summed E-state index contributed by atoms with van der Waals surface area (Å²) in [5.74, 6) is -0.117. The van der Waals surface area contributed by atoms with E-state index in [-0.39, 0.29) is 12.5 Å². The fraction of sp³-hybridized carbons (Fsp3) is 0.300. The fourth-order valence-corrected chi connectivity index (χ4v) is 2.40. The van der Waals surface area contributed by atoms with Crippen LogP contribution in [0.2, 0.25) is 0 Å². The molecule has 0 saturated heterocycles. The normalized spacial score (nSPS) is 10.3. The first-order valence-electron chi connectivity index (χ1n) is 8.16. The summed E-state index contributed by atoms with van der Waals surface area (Å²) in [6.45, 7) is 0.526. The molecule has 2 rings (SSSR count). The summed E-state index contributed by atoms with van der Waals surface area (Å²) in [4.78, 5) is 25.8. The lowest BCUT2D eigenvalue weighted by atomic mass is 10.1. The van der Waals surface area contributed by atoms with E-state index >= 15 is 0 Å². The maximum atomic E-state index is 12.2. The van der Waals surface area contributed by atoms with E-state index in [2.05, 4.69) is 0 Å². The van der Waals surface area contributed by atoms with Crippen molar-refractivity contribution in [3.8, 4) is 5.75 Å². The Morgan fingerprint density at radius 2 is 1.69 bits per heavy atom. The molecule has 0 fully saturated rings. The second-order valence-electron chi connectivity index (χ2n) is 5.77. The number of benzene rings is 2. The highest BCUT2D eigenvalue weighted by molar-refractivity contribution is 5.91. The first-order chi connectivity index (χ1) is 12.5. The van der Waals surface area contributed by atoms with Crippen molar-refractivity contribution >= 4 is 11.9 Å². The number of rotatable bonds is 8. The number of amides is 1. The standard InChI is InChI=1S/C20H23NO5/c1-21(12-17-6-4-5-7-18(17)25-3)19(22)14-26-20(23)16-10-8-15(9-11-16)13-24-2/h4-11H,12-14H2,1-3H3. The largest absolute Gasteiger partial charge is 0.496 e. The van der Waals surface area contributed by atoms with Crippen molar-refractivity contribution in [3.05, 3.63) is 65.2 Å². The molecule has 0 spiro atoms. The smallest absolute Gasteiger partial charge is 0.338 e. The van der Waals surface area contributed by atoms with Gasteiger partial charge in [-0.2, -0.15) is 0 Å². The third kappa shape index (κ3) is 5.32. The first kappa shape index (κ1) is 19.5. The molecule has 0 N–H and O–H groups in total. The summed E-state index contributed by atoms with van der Waals surface area (Å²) in [6.07, 6.45) is 0. The SMILES string of the molecule is COCc1ccc(C(=O)OCC(=O)N(C)Cc2ccccc2OC)cc1. The number of ether oxygens (including phenoxy) is 3. The maximum Gasteiger partial charge on any atom is 0.338 e. The van der Waals surface area contributed by atoms with Crippen LogP contribution in [0.1, 0.15) is 21.5 Å². The molecule has 6 nitrogen and oxygen atoms in total. The summed E-state index contributed by atoms with van der Waals surface area (Å²) in [6, 6.07) is 14.3. The predicted octanol–water partition coefficient (Wildman–Crippen LogP) is 2.66. The number of nitrogens with zero attached hydrogens (tertiary/aromatic N) is 1. The van der Waals surface area contributed by atoms with E-state index in [4.69, 9.17) is 14.2 Å². The zero-order chi connectivity index (χ0) is 18.9. The van der Waals surface area contributed by atoms with Crippen LogP contribution in [-0.2, 0) is 27.4 Å². The van der Waals surface area contributed by atoms with Gasteiger partial charge in [0, 0.05) is 26.3 Å². The van der Waals surface area contributed by atoms with Crippen LogP contribution in [0.3, 0.4) is 0 Å². The van der Waals surface area contributed by atoms with Gasteiger partial charge in [0.1, 0.15) is 5.75 Å². The van der Waals surface area contributed by atoms with Crippen LogP contribution in [-0.4, -0.2) is 44.7 Å². The molecule has 0 saturated carbocycles. The van der Waals surface area contributed by atoms with Crippen LogP contribution < -0.4 is 4.74 Å². The Kier molecular flexibility index (Phi) is 7.17. The lowest BCUT2D eigenvalue weighted by Gasteiger charge is -2.18. The van der Waals surface area contributed by atoms with Gasteiger partial charge in [0.25, 0.3) is 5.91 Å². The number of hydrogen-bond donors (Lipinski definition) is 0. The number of carbonyl (C=O) groups is 2. The van der Waals surface area contributed by atoms with Gasteiger partial charge < -0.3 is 19.1 Å². The van der Waals surface area contributed by atoms with Crippen molar-refractivity contribution in [1.82, 2.24) is 4.90 Å². The van der Waals surface area contributed by atoms with Gasteiger partial charge in [-0.15, -0.1) is 0 Å². The number of para-hydroxylation sites is 1. The van der Waals surface area contributed by atoms with E-state index < -0.39 is 5.97 Å². The minimum absolute atomic E-state index is 0.291. The Morgan fingerprint density at radius 3 is 2.35 bits per heavy atom. The van der Waals surface area contributed by atoms with Crippen LogP contribution >= 0.6 is 0 Å². The molecule has 2 aromatic rings. The van der Waals surface area contributed by atoms with Crippen molar-refractivity contribution in [2.75, 3.05) is 27.9 Å². The summed E-state index contributed by atoms with van der Waals surface area (Å²) < 4.78 is 15.4. The molecule has 0 aliphatic carbocycles. The molecule has 0 aliphatic rings. The zero-order valence-electron chi connectivity index (χ0n) is 15.2. The molecule has 0 atom stereocenters. The van der Waals surface area contributed by atoms with E-state index in [1.807, 2.05) is 24.3 Å². The van der Waals surface area contributed by atoms with Gasteiger partial charge in [-0.05, 0) is 23.8 Å². The Hall–Kier alpha value is -2.86. The maximum absolute atomic E-state index is 12.2. The third-order valence-corrected chi connectivity index (χ3v) is 3.85. The fourth-order valence-electron chi connectivity index (χ4n) is 2.40. The molecule has 6 heteroatoms. The van der Waals surface area contributed by atoms with Crippen molar-refractivity contribution < 1.29 is 23.8 Å². The quantitative estimate of drug-likeness (QED) is 0.680. The summed E-state index contributed by atoms with van der Waals surface area (Å²) in [5, 5.41) is 0. The highest BCUT2D eigenvalue weighted by atomic mass is 16.5. The van der Waals surface area contributed by atoms with Crippen LogP contribution in [0.5, 0.6) is 5.75 Å². The van der Waals surface area contributed by atoms with E-state index in [1.54, 1.807) is 45.5 Å². The lowest BCUT2D eigenvalue weighted by molar-refractivity contribution is -0.133. The van der Waals surface area contributed by atoms with Gasteiger partial charge in [0.05, 0.1) is 19.3 Å².